The van der Waals surface area contributed by atoms with E-state index in [4.69, 9.17) is 0 Å². The molecule has 0 spiro atoms. The molecule has 2 aliphatic rings. The van der Waals surface area contributed by atoms with Crippen molar-refractivity contribution in [2.45, 2.75) is 44.1 Å². The minimum atomic E-state index is -0.409. The van der Waals surface area contributed by atoms with Gasteiger partial charge in [-0.05, 0) is 41.8 Å². The fraction of sp³-hybridized carbons (Fsp3) is 0.400. The molecule has 1 saturated carbocycles. The second-order valence-corrected chi connectivity index (χ2v) is 7.92. The van der Waals surface area contributed by atoms with Crippen LogP contribution in [0.25, 0.3) is 0 Å². The van der Waals surface area contributed by atoms with Gasteiger partial charge in [-0.25, -0.2) is 0 Å². The summed E-state index contributed by atoms with van der Waals surface area (Å²) < 4.78 is 0. The van der Waals surface area contributed by atoms with Gasteiger partial charge in [0.2, 0.25) is 11.8 Å². The summed E-state index contributed by atoms with van der Waals surface area (Å²) in [5.41, 5.74) is 1.67. The summed E-state index contributed by atoms with van der Waals surface area (Å²) in [6.45, 7) is 0. The largest absolute Gasteiger partial charge is 0.348 e. The maximum Gasteiger partial charge on any atom is 0.228 e. The first-order valence-corrected chi connectivity index (χ1v) is 9.83. The molecule has 2 heterocycles. The van der Waals surface area contributed by atoms with Crippen LogP contribution in [0.1, 0.15) is 54.5 Å². The van der Waals surface area contributed by atoms with Gasteiger partial charge in [-0.2, -0.15) is 0 Å². The predicted molar refractivity (Wildman–Crippen MR) is 99.6 cm³/mol. The number of amides is 2. The first-order valence-electron chi connectivity index (χ1n) is 8.95. The minimum absolute atomic E-state index is 0.0346. The number of para-hydroxylation sites is 1. The van der Waals surface area contributed by atoms with Crippen molar-refractivity contribution in [1.82, 2.24) is 5.32 Å². The van der Waals surface area contributed by atoms with Crippen molar-refractivity contribution < 1.29 is 9.59 Å². The zero-order valence-corrected chi connectivity index (χ0v) is 14.9. The lowest BCUT2D eigenvalue weighted by Gasteiger charge is -2.29. The van der Waals surface area contributed by atoms with E-state index in [-0.39, 0.29) is 24.3 Å². The van der Waals surface area contributed by atoms with Crippen LogP contribution >= 0.6 is 11.3 Å². The summed E-state index contributed by atoms with van der Waals surface area (Å²) in [5.74, 6) is -0.0379. The van der Waals surface area contributed by atoms with Gasteiger partial charge in [0.1, 0.15) is 0 Å². The number of carbonyl (C=O) groups excluding carboxylic acids is 2. The molecule has 2 aromatic rings. The molecule has 0 saturated heterocycles. The van der Waals surface area contributed by atoms with E-state index < -0.39 is 5.92 Å². The smallest absolute Gasteiger partial charge is 0.228 e. The first-order chi connectivity index (χ1) is 12.2. The molecule has 25 heavy (non-hydrogen) atoms. The maximum atomic E-state index is 13.1. The number of anilines is 1. The number of fused-ring (bicyclic) bond motifs is 1. The molecular formula is C20H22N2O2S. The third-order valence-corrected chi connectivity index (χ3v) is 6.29. The van der Waals surface area contributed by atoms with E-state index in [0.29, 0.717) is 5.92 Å². The molecule has 130 valence electrons. The molecule has 2 atom stereocenters. The Morgan fingerprint density at radius 1 is 1.16 bits per heavy atom. The van der Waals surface area contributed by atoms with E-state index in [1.807, 2.05) is 30.3 Å². The Bertz CT molecular complexity index is 766. The van der Waals surface area contributed by atoms with E-state index in [1.165, 1.54) is 17.7 Å². The number of nitrogens with one attached hydrogen (secondary N) is 2. The van der Waals surface area contributed by atoms with Gasteiger partial charge in [0.25, 0.3) is 0 Å². The van der Waals surface area contributed by atoms with Gasteiger partial charge in [0, 0.05) is 17.0 Å². The van der Waals surface area contributed by atoms with Crippen molar-refractivity contribution in [1.29, 1.82) is 0 Å². The average Bonchev–Trinajstić information content (AvgIpc) is 3.32. The molecule has 4 rings (SSSR count). The third-order valence-electron chi connectivity index (χ3n) is 5.34. The van der Waals surface area contributed by atoms with E-state index in [1.54, 1.807) is 11.3 Å². The number of rotatable bonds is 4. The molecule has 4 nitrogen and oxygen atoms in total. The molecule has 0 unspecified atom stereocenters. The quantitative estimate of drug-likeness (QED) is 0.863. The number of hydrogen-bond acceptors (Lipinski definition) is 3. The maximum absolute atomic E-state index is 13.1. The van der Waals surface area contributed by atoms with E-state index in [9.17, 15) is 9.59 Å². The van der Waals surface area contributed by atoms with Gasteiger partial charge >= 0.3 is 0 Å². The Morgan fingerprint density at radius 2 is 1.96 bits per heavy atom. The number of benzene rings is 1. The Morgan fingerprint density at radius 3 is 2.72 bits per heavy atom. The highest BCUT2D eigenvalue weighted by atomic mass is 32.1. The van der Waals surface area contributed by atoms with Gasteiger partial charge in [-0.1, -0.05) is 37.1 Å². The van der Waals surface area contributed by atoms with Crippen LogP contribution in [0.3, 0.4) is 0 Å². The van der Waals surface area contributed by atoms with Crippen LogP contribution in [0.2, 0.25) is 0 Å². The molecule has 1 fully saturated rings. The van der Waals surface area contributed by atoms with Crippen LogP contribution in [0, 0.1) is 5.92 Å². The highest BCUT2D eigenvalue weighted by Crippen LogP contribution is 2.39. The van der Waals surface area contributed by atoms with Crippen molar-refractivity contribution in [2.75, 3.05) is 5.32 Å². The van der Waals surface area contributed by atoms with Crippen molar-refractivity contribution >= 4 is 28.8 Å². The Kier molecular flexibility index (Phi) is 4.57. The summed E-state index contributed by atoms with van der Waals surface area (Å²) in [4.78, 5) is 26.3. The SMILES string of the molecule is O=C1C[C@H](C(=O)N[C@@H](c2cccs2)C2CCCC2)c2ccccc2N1. The molecule has 0 radical (unpaired) electrons. The van der Waals surface area contributed by atoms with Crippen molar-refractivity contribution in [3.63, 3.8) is 0 Å². The molecule has 2 N–H and O–H groups in total. The minimum Gasteiger partial charge on any atom is -0.348 e. The summed E-state index contributed by atoms with van der Waals surface area (Å²) >= 11 is 1.70. The van der Waals surface area contributed by atoms with E-state index in [0.717, 1.165) is 24.1 Å². The Labute approximate surface area is 151 Å². The summed E-state index contributed by atoms with van der Waals surface area (Å²) in [6, 6.07) is 11.8. The summed E-state index contributed by atoms with van der Waals surface area (Å²) in [6.07, 6.45) is 4.99. The van der Waals surface area contributed by atoms with Crippen LogP contribution in [0.4, 0.5) is 5.69 Å². The number of carbonyl (C=O) groups is 2. The van der Waals surface area contributed by atoms with Gasteiger partial charge in [-0.15, -0.1) is 11.3 Å². The molecular weight excluding hydrogens is 332 g/mol. The lowest BCUT2D eigenvalue weighted by atomic mass is 9.88. The highest BCUT2D eigenvalue weighted by molar-refractivity contribution is 7.10. The summed E-state index contributed by atoms with van der Waals surface area (Å²) in [5, 5.41) is 8.21. The van der Waals surface area contributed by atoms with Crippen LogP contribution < -0.4 is 10.6 Å². The predicted octanol–water partition coefficient (Wildman–Crippen LogP) is 4.22. The molecule has 1 aromatic carbocycles. The second kappa shape index (κ2) is 7.00. The van der Waals surface area contributed by atoms with Crippen molar-refractivity contribution in [3.8, 4) is 0 Å². The summed E-state index contributed by atoms with van der Waals surface area (Å²) in [7, 11) is 0. The molecule has 1 aromatic heterocycles. The third kappa shape index (κ3) is 3.33. The number of hydrogen-bond donors (Lipinski definition) is 2. The standard InChI is InChI=1S/C20H22N2O2S/c23-18-12-15(14-8-3-4-9-16(14)21-18)20(24)22-19(13-6-1-2-7-13)17-10-5-11-25-17/h3-5,8-11,13,15,19H,1-2,6-7,12H2,(H,21,23)(H,22,24)/t15-,19+/m0/s1. The number of thiophene rings is 1. The van der Waals surface area contributed by atoms with Gasteiger partial charge in [-0.3, -0.25) is 9.59 Å². The van der Waals surface area contributed by atoms with Gasteiger partial charge in [0.05, 0.1) is 12.0 Å². The zero-order valence-electron chi connectivity index (χ0n) is 14.0. The topological polar surface area (TPSA) is 58.2 Å². The Hall–Kier alpha value is -2.14. The first kappa shape index (κ1) is 16.3. The molecule has 5 heteroatoms. The highest BCUT2D eigenvalue weighted by Gasteiger charge is 2.34. The lowest BCUT2D eigenvalue weighted by Crippen LogP contribution is -2.38. The molecule has 2 amide bonds. The monoisotopic (exact) mass is 354 g/mol. The van der Waals surface area contributed by atoms with Gasteiger partial charge in [0.15, 0.2) is 0 Å². The lowest BCUT2D eigenvalue weighted by molar-refractivity contribution is -0.127. The fourth-order valence-electron chi connectivity index (χ4n) is 4.08. The zero-order chi connectivity index (χ0) is 17.2. The fourth-order valence-corrected chi connectivity index (χ4v) is 4.95. The molecule has 0 bridgehead atoms. The van der Waals surface area contributed by atoms with Crippen molar-refractivity contribution in [3.05, 3.63) is 52.2 Å². The van der Waals surface area contributed by atoms with Crippen LogP contribution in [0.5, 0.6) is 0 Å². The van der Waals surface area contributed by atoms with Crippen molar-refractivity contribution in [2.24, 2.45) is 5.92 Å². The van der Waals surface area contributed by atoms with Crippen LogP contribution in [-0.2, 0) is 9.59 Å². The van der Waals surface area contributed by atoms with E-state index in [2.05, 4.69) is 22.1 Å². The molecule has 1 aliphatic heterocycles. The van der Waals surface area contributed by atoms with Crippen LogP contribution in [0.15, 0.2) is 41.8 Å². The molecule has 1 aliphatic carbocycles. The normalized spacial score (nSPS) is 21.4. The second-order valence-electron chi connectivity index (χ2n) is 6.94. The van der Waals surface area contributed by atoms with Gasteiger partial charge < -0.3 is 10.6 Å². The van der Waals surface area contributed by atoms with E-state index >= 15 is 0 Å². The average molecular weight is 354 g/mol. The Balaban J connectivity index is 1.58. The van der Waals surface area contributed by atoms with Crippen LogP contribution in [-0.4, -0.2) is 11.8 Å².